The molecule has 2 fully saturated rings. The van der Waals surface area contributed by atoms with Crippen molar-refractivity contribution in [1.29, 1.82) is 0 Å². The third kappa shape index (κ3) is 3.75. The Bertz CT molecular complexity index is 265. The summed E-state index contributed by atoms with van der Waals surface area (Å²) in [6, 6.07) is 0. The van der Waals surface area contributed by atoms with Gasteiger partial charge in [0.2, 0.25) is 0 Å². The molecular weight excluding hydrogens is 332 g/mol. The molecule has 4 nitrogen and oxygen atoms in total. The Balaban J connectivity index is 0.000000151. The fourth-order valence-corrected chi connectivity index (χ4v) is 1.65. The molecule has 0 radical (unpaired) electrons. The van der Waals surface area contributed by atoms with Crippen molar-refractivity contribution in [3.63, 3.8) is 0 Å². The molecule has 86 valence electrons. The molecule has 0 spiro atoms. The average Bonchev–Trinajstić information content (AvgIpc) is 2.64. The molecule has 0 aromatic carbocycles. The number of halogens is 2. The lowest BCUT2D eigenvalue weighted by molar-refractivity contribution is -0.139. The van der Waals surface area contributed by atoms with Crippen molar-refractivity contribution in [3.05, 3.63) is 0 Å². The van der Waals surface area contributed by atoms with E-state index >= 15 is 0 Å². The second-order valence-corrected chi connectivity index (χ2v) is 6.36. The molecule has 2 heterocycles. The van der Waals surface area contributed by atoms with E-state index in [1.165, 1.54) is 0 Å². The molecule has 0 aromatic rings. The van der Waals surface area contributed by atoms with Crippen molar-refractivity contribution >= 4 is 43.8 Å². The first-order chi connectivity index (χ1) is 6.93. The van der Waals surface area contributed by atoms with E-state index in [-0.39, 0.29) is 16.8 Å². The lowest BCUT2D eigenvalue weighted by Crippen LogP contribution is -2.21. The van der Waals surface area contributed by atoms with Gasteiger partial charge >= 0.3 is 11.9 Å². The van der Waals surface area contributed by atoms with E-state index in [9.17, 15) is 9.59 Å². The number of hydrogen-bond acceptors (Lipinski definition) is 4. The molecule has 0 N–H and O–H groups in total. The summed E-state index contributed by atoms with van der Waals surface area (Å²) in [5.74, 6) is -0.266. The van der Waals surface area contributed by atoms with Gasteiger partial charge in [-0.1, -0.05) is 31.9 Å². The molecule has 2 aliphatic heterocycles. The second-order valence-electron chi connectivity index (χ2n) is 3.51. The van der Waals surface area contributed by atoms with Crippen LogP contribution in [0.1, 0.15) is 19.8 Å². The van der Waals surface area contributed by atoms with E-state index in [1.54, 1.807) is 0 Å². The van der Waals surface area contributed by atoms with E-state index < -0.39 is 4.32 Å². The zero-order valence-electron chi connectivity index (χ0n) is 8.29. The molecule has 6 heteroatoms. The number of carbonyl (C=O) groups is 2. The largest absolute Gasteiger partial charge is 0.465 e. The minimum Gasteiger partial charge on any atom is -0.465 e. The number of rotatable bonds is 0. The van der Waals surface area contributed by atoms with Gasteiger partial charge in [-0.2, -0.15) is 0 Å². The fraction of sp³-hybridized carbons (Fsp3) is 0.778. The van der Waals surface area contributed by atoms with Gasteiger partial charge in [-0.3, -0.25) is 9.59 Å². The minimum absolute atomic E-state index is 0.0347. The van der Waals surface area contributed by atoms with E-state index in [0.29, 0.717) is 13.2 Å². The van der Waals surface area contributed by atoms with Crippen molar-refractivity contribution in [2.45, 2.75) is 28.9 Å². The highest BCUT2D eigenvalue weighted by molar-refractivity contribution is 9.10. The Hall–Kier alpha value is -0.100. The van der Waals surface area contributed by atoms with Crippen LogP contribution in [0, 0.1) is 0 Å². The predicted molar refractivity (Wildman–Crippen MR) is 61.2 cm³/mol. The van der Waals surface area contributed by atoms with Crippen molar-refractivity contribution < 1.29 is 19.1 Å². The summed E-state index contributed by atoms with van der Waals surface area (Å²) in [6.07, 6.45) is 1.60. The normalized spacial score (nSPS) is 34.2. The van der Waals surface area contributed by atoms with Gasteiger partial charge in [0, 0.05) is 12.8 Å². The Labute approximate surface area is 105 Å². The highest BCUT2D eigenvalue weighted by Crippen LogP contribution is 2.28. The fourth-order valence-electron chi connectivity index (χ4n) is 1.06. The summed E-state index contributed by atoms with van der Waals surface area (Å²) in [4.78, 5) is 20.9. The van der Waals surface area contributed by atoms with Gasteiger partial charge in [0.05, 0.1) is 13.2 Å². The monoisotopic (exact) mass is 342 g/mol. The molecule has 2 aliphatic rings. The quantitative estimate of drug-likeness (QED) is 0.497. The van der Waals surface area contributed by atoms with Crippen molar-refractivity contribution in [2.24, 2.45) is 0 Å². The number of carbonyl (C=O) groups excluding carboxylic acids is 2. The van der Waals surface area contributed by atoms with Crippen LogP contribution in [-0.4, -0.2) is 34.3 Å². The number of alkyl halides is 2. The topological polar surface area (TPSA) is 52.6 Å². The van der Waals surface area contributed by atoms with E-state index in [4.69, 9.17) is 0 Å². The number of hydrogen-bond donors (Lipinski definition) is 0. The molecule has 2 unspecified atom stereocenters. The third-order valence-corrected chi connectivity index (χ3v) is 3.65. The van der Waals surface area contributed by atoms with Gasteiger partial charge in [0.1, 0.15) is 9.15 Å². The van der Waals surface area contributed by atoms with Crippen molar-refractivity contribution in [3.8, 4) is 0 Å². The highest BCUT2D eigenvalue weighted by atomic mass is 79.9. The van der Waals surface area contributed by atoms with Crippen molar-refractivity contribution in [2.75, 3.05) is 13.2 Å². The maximum absolute atomic E-state index is 10.6. The maximum Gasteiger partial charge on any atom is 0.322 e. The second kappa shape index (κ2) is 5.30. The van der Waals surface area contributed by atoms with Crippen LogP contribution in [0.25, 0.3) is 0 Å². The van der Waals surface area contributed by atoms with Gasteiger partial charge < -0.3 is 9.47 Å². The molecule has 15 heavy (non-hydrogen) atoms. The zero-order valence-corrected chi connectivity index (χ0v) is 11.5. The Morgan fingerprint density at radius 1 is 1.33 bits per heavy atom. The number of ether oxygens (including phenoxy) is 2. The summed E-state index contributed by atoms with van der Waals surface area (Å²) >= 11 is 6.36. The molecule has 0 aliphatic carbocycles. The summed E-state index contributed by atoms with van der Waals surface area (Å²) in [5, 5.41) is 0. The zero-order chi connectivity index (χ0) is 11.5. The molecular formula is C9H12Br2O4. The van der Waals surface area contributed by atoms with Crippen LogP contribution in [0.3, 0.4) is 0 Å². The number of cyclic esters (lactones) is 2. The summed E-state index contributed by atoms with van der Waals surface area (Å²) in [7, 11) is 0. The van der Waals surface area contributed by atoms with E-state index in [0.717, 1.165) is 12.8 Å². The average molecular weight is 344 g/mol. The van der Waals surface area contributed by atoms with Gasteiger partial charge in [-0.15, -0.1) is 0 Å². The SMILES string of the molecule is CC1(Br)CCOC1=O.O=C1OCCC1Br. The molecule has 2 atom stereocenters. The maximum atomic E-state index is 10.6. The summed E-state index contributed by atoms with van der Waals surface area (Å²) in [5.41, 5.74) is 0. The van der Waals surface area contributed by atoms with Gasteiger partial charge in [-0.05, 0) is 6.92 Å². The van der Waals surface area contributed by atoms with Crippen LogP contribution in [0.5, 0.6) is 0 Å². The Morgan fingerprint density at radius 3 is 2.13 bits per heavy atom. The van der Waals surface area contributed by atoms with Crippen LogP contribution in [0.4, 0.5) is 0 Å². The lowest BCUT2D eigenvalue weighted by atomic mass is 10.1. The first kappa shape index (κ1) is 13.0. The van der Waals surface area contributed by atoms with Gasteiger partial charge in [0.25, 0.3) is 0 Å². The smallest absolute Gasteiger partial charge is 0.322 e. The highest BCUT2D eigenvalue weighted by Gasteiger charge is 2.36. The van der Waals surface area contributed by atoms with E-state index in [2.05, 4.69) is 41.3 Å². The molecule has 0 aromatic heterocycles. The minimum atomic E-state index is -0.396. The van der Waals surface area contributed by atoms with E-state index in [1.807, 2.05) is 6.92 Å². The van der Waals surface area contributed by atoms with Gasteiger partial charge in [-0.25, -0.2) is 0 Å². The third-order valence-electron chi connectivity index (χ3n) is 2.10. The van der Waals surface area contributed by atoms with Crippen LogP contribution in [0.15, 0.2) is 0 Å². The predicted octanol–water partition coefficient (Wildman–Crippen LogP) is 1.78. The first-order valence-corrected chi connectivity index (χ1v) is 6.31. The molecule has 2 saturated heterocycles. The molecule has 0 amide bonds. The van der Waals surface area contributed by atoms with Crippen LogP contribution in [-0.2, 0) is 19.1 Å². The lowest BCUT2D eigenvalue weighted by Gasteiger charge is -2.05. The van der Waals surface area contributed by atoms with Crippen molar-refractivity contribution in [1.82, 2.24) is 0 Å². The summed E-state index contributed by atoms with van der Waals surface area (Å²) in [6.45, 7) is 2.96. The standard InChI is InChI=1S/C5H7BrO2.C4H5BrO2/c1-5(6)2-3-8-4(5)7;5-3-1-2-7-4(3)6/h2-3H2,1H3;3H,1-2H2. The Kier molecular flexibility index (Phi) is 4.58. The van der Waals surface area contributed by atoms with Crippen LogP contribution >= 0.6 is 31.9 Å². The Morgan fingerprint density at radius 2 is 2.00 bits per heavy atom. The van der Waals surface area contributed by atoms with Crippen LogP contribution in [0.2, 0.25) is 0 Å². The first-order valence-electron chi connectivity index (χ1n) is 4.60. The van der Waals surface area contributed by atoms with Crippen LogP contribution < -0.4 is 0 Å². The molecule has 2 rings (SSSR count). The molecule has 0 saturated carbocycles. The number of esters is 2. The molecule has 0 bridgehead atoms. The van der Waals surface area contributed by atoms with Gasteiger partial charge in [0.15, 0.2) is 0 Å². The summed E-state index contributed by atoms with van der Waals surface area (Å²) < 4.78 is 8.87.